The second kappa shape index (κ2) is 6.22. The molecule has 22 heavy (non-hydrogen) atoms. The van der Waals surface area contributed by atoms with Crippen LogP contribution in [0.15, 0.2) is 48.7 Å². The highest BCUT2D eigenvalue weighted by atomic mass is 32.2. The minimum absolute atomic E-state index is 0.210. The summed E-state index contributed by atoms with van der Waals surface area (Å²) in [4.78, 5) is 22.5. The van der Waals surface area contributed by atoms with Crippen LogP contribution in [0.4, 0.5) is 0 Å². The highest BCUT2D eigenvalue weighted by Gasteiger charge is 2.14. The summed E-state index contributed by atoms with van der Waals surface area (Å²) in [5.41, 5.74) is 3.17. The molecule has 0 fully saturated rings. The van der Waals surface area contributed by atoms with Crippen molar-refractivity contribution in [2.45, 2.75) is 5.75 Å². The minimum Gasteiger partial charge on any atom is -0.324 e. The van der Waals surface area contributed by atoms with E-state index >= 15 is 0 Å². The Morgan fingerprint density at radius 3 is 2.68 bits per heavy atom. The van der Waals surface area contributed by atoms with Gasteiger partial charge in [-0.1, -0.05) is 30.3 Å². The van der Waals surface area contributed by atoms with E-state index in [1.54, 1.807) is 10.7 Å². The molecule has 2 heterocycles. The molecule has 3 rings (SSSR count). The lowest BCUT2D eigenvalue weighted by molar-refractivity contribution is 0.379. The molecule has 0 radical (unpaired) electrons. The molecule has 0 unspecified atom stereocenters. The summed E-state index contributed by atoms with van der Waals surface area (Å²) in [6.45, 7) is 0. The molecule has 114 valence electrons. The molecule has 0 aliphatic carbocycles. The largest absolute Gasteiger partial charge is 0.335 e. The molecule has 3 aromatic rings. The lowest BCUT2D eigenvalue weighted by Gasteiger charge is -2.09. The van der Waals surface area contributed by atoms with Crippen molar-refractivity contribution >= 4 is 25.0 Å². The van der Waals surface area contributed by atoms with E-state index in [4.69, 9.17) is 9.79 Å². The van der Waals surface area contributed by atoms with Crippen molar-refractivity contribution in [1.29, 1.82) is 0 Å². The Kier molecular flexibility index (Phi) is 4.31. The first kappa shape index (κ1) is 15.2. The number of rotatable bonds is 5. The molecule has 0 atom stereocenters. The molecule has 0 aliphatic rings. The standard InChI is InChI=1S/C14H14N3O3PS/c18-21(19,20)10-22-9-12-8-13(11-4-2-1-3-5-11)16-14-6-7-15-17(12)14/h1-8H,9-10H2,(H2,18,19,20). The molecule has 0 spiro atoms. The Hall–Kier alpha value is -1.66. The van der Waals surface area contributed by atoms with Crippen LogP contribution in [0.25, 0.3) is 16.9 Å². The van der Waals surface area contributed by atoms with Gasteiger partial charge in [0.25, 0.3) is 0 Å². The quantitative estimate of drug-likeness (QED) is 0.697. The highest BCUT2D eigenvalue weighted by molar-refractivity contribution is 8.03. The summed E-state index contributed by atoms with van der Waals surface area (Å²) in [6.07, 6.45) is 1.66. The van der Waals surface area contributed by atoms with E-state index in [1.807, 2.05) is 42.5 Å². The Morgan fingerprint density at radius 1 is 1.18 bits per heavy atom. The Labute approximate surface area is 131 Å². The number of hydrogen-bond acceptors (Lipinski definition) is 4. The zero-order chi connectivity index (χ0) is 15.6. The van der Waals surface area contributed by atoms with Gasteiger partial charge in [0.1, 0.15) is 0 Å². The maximum Gasteiger partial charge on any atom is 0.335 e. The minimum atomic E-state index is -4.00. The number of fused-ring (bicyclic) bond motifs is 1. The van der Waals surface area contributed by atoms with Crippen molar-refractivity contribution < 1.29 is 14.4 Å². The molecule has 0 saturated heterocycles. The van der Waals surface area contributed by atoms with Gasteiger partial charge in [-0.15, -0.1) is 11.8 Å². The topological polar surface area (TPSA) is 87.7 Å². The van der Waals surface area contributed by atoms with E-state index in [0.717, 1.165) is 17.0 Å². The average Bonchev–Trinajstić information content (AvgIpc) is 2.95. The first-order valence-electron chi connectivity index (χ1n) is 6.54. The number of nitrogens with zero attached hydrogens (tertiary/aromatic N) is 3. The first-order valence-corrected chi connectivity index (χ1v) is 9.49. The van der Waals surface area contributed by atoms with E-state index in [0.29, 0.717) is 11.4 Å². The maximum atomic E-state index is 11.0. The van der Waals surface area contributed by atoms with Gasteiger partial charge in [-0.25, -0.2) is 9.50 Å². The smallest absolute Gasteiger partial charge is 0.324 e. The van der Waals surface area contributed by atoms with Gasteiger partial charge >= 0.3 is 7.60 Å². The van der Waals surface area contributed by atoms with Crippen molar-refractivity contribution in [3.8, 4) is 11.3 Å². The van der Waals surface area contributed by atoms with Crippen LogP contribution in [0.2, 0.25) is 0 Å². The average molecular weight is 335 g/mol. The van der Waals surface area contributed by atoms with Gasteiger partial charge < -0.3 is 9.79 Å². The second-order valence-corrected chi connectivity index (χ2v) is 7.80. The van der Waals surface area contributed by atoms with Crippen molar-refractivity contribution in [1.82, 2.24) is 14.6 Å². The molecule has 8 heteroatoms. The van der Waals surface area contributed by atoms with Crippen molar-refractivity contribution in [3.63, 3.8) is 0 Å². The van der Waals surface area contributed by atoms with Gasteiger partial charge in [0, 0.05) is 17.4 Å². The van der Waals surface area contributed by atoms with Crippen LogP contribution >= 0.6 is 19.4 Å². The fourth-order valence-corrected chi connectivity index (χ4v) is 3.84. The zero-order valence-corrected chi connectivity index (χ0v) is 13.2. The molecule has 2 N–H and O–H groups in total. The van der Waals surface area contributed by atoms with E-state index in [9.17, 15) is 4.57 Å². The lowest BCUT2D eigenvalue weighted by atomic mass is 10.1. The monoisotopic (exact) mass is 335 g/mol. The predicted octanol–water partition coefficient (Wildman–Crippen LogP) is 2.76. The van der Waals surface area contributed by atoms with E-state index in [2.05, 4.69) is 10.1 Å². The van der Waals surface area contributed by atoms with Crippen LogP contribution < -0.4 is 0 Å². The molecule has 1 aromatic carbocycles. The molecule has 6 nitrogen and oxygen atoms in total. The first-order chi connectivity index (χ1) is 10.5. The van der Waals surface area contributed by atoms with Crippen molar-refractivity contribution in [2.75, 3.05) is 5.49 Å². The van der Waals surface area contributed by atoms with E-state index in [-0.39, 0.29) is 5.49 Å². The van der Waals surface area contributed by atoms with Crippen molar-refractivity contribution in [2.24, 2.45) is 0 Å². The molecular formula is C14H14N3O3PS. The van der Waals surface area contributed by atoms with Crippen LogP contribution in [0, 0.1) is 0 Å². The molecular weight excluding hydrogens is 321 g/mol. The van der Waals surface area contributed by atoms with E-state index in [1.165, 1.54) is 11.8 Å². The summed E-state index contributed by atoms with van der Waals surface area (Å²) in [5.74, 6) is 0.450. The van der Waals surface area contributed by atoms with Gasteiger partial charge in [-0.05, 0) is 6.07 Å². The second-order valence-electron chi connectivity index (χ2n) is 4.74. The van der Waals surface area contributed by atoms with Crippen LogP contribution in [-0.4, -0.2) is 29.9 Å². The molecule has 0 saturated carbocycles. The lowest BCUT2D eigenvalue weighted by Crippen LogP contribution is -2.01. The highest BCUT2D eigenvalue weighted by Crippen LogP contribution is 2.39. The van der Waals surface area contributed by atoms with E-state index < -0.39 is 7.60 Å². The number of hydrogen-bond donors (Lipinski definition) is 2. The predicted molar refractivity (Wildman–Crippen MR) is 86.6 cm³/mol. The fourth-order valence-electron chi connectivity index (χ4n) is 2.11. The van der Waals surface area contributed by atoms with Gasteiger partial charge in [-0.2, -0.15) is 5.10 Å². The van der Waals surface area contributed by atoms with Gasteiger partial charge in [-0.3, -0.25) is 4.57 Å². The van der Waals surface area contributed by atoms with Gasteiger partial charge in [0.05, 0.1) is 23.1 Å². The molecule has 2 aromatic heterocycles. The number of aromatic nitrogens is 3. The van der Waals surface area contributed by atoms with Crippen LogP contribution in [-0.2, 0) is 10.3 Å². The summed E-state index contributed by atoms with van der Waals surface area (Å²) in [5, 5.41) is 4.22. The third-order valence-electron chi connectivity index (χ3n) is 3.01. The Balaban J connectivity index is 1.94. The normalized spacial score (nSPS) is 11.9. The zero-order valence-electron chi connectivity index (χ0n) is 11.5. The van der Waals surface area contributed by atoms with Crippen molar-refractivity contribution in [3.05, 3.63) is 54.4 Å². The Bertz CT molecular complexity index is 832. The number of benzene rings is 1. The summed E-state index contributed by atoms with van der Waals surface area (Å²) in [6, 6.07) is 13.5. The third kappa shape index (κ3) is 3.56. The molecule has 0 bridgehead atoms. The summed E-state index contributed by atoms with van der Waals surface area (Å²) in [7, 11) is -4.00. The van der Waals surface area contributed by atoms with Crippen LogP contribution in [0.3, 0.4) is 0 Å². The SMILES string of the molecule is O=P(O)(O)CSCc1cc(-c2ccccc2)nc2ccnn12. The molecule has 0 amide bonds. The Morgan fingerprint density at radius 2 is 1.95 bits per heavy atom. The third-order valence-corrected chi connectivity index (χ3v) is 5.59. The fraction of sp³-hybridized carbons (Fsp3) is 0.143. The maximum absolute atomic E-state index is 11.0. The molecule has 0 aliphatic heterocycles. The summed E-state index contributed by atoms with van der Waals surface area (Å²) >= 11 is 1.18. The number of thioether (sulfide) groups is 1. The van der Waals surface area contributed by atoms with Gasteiger partial charge in [0.2, 0.25) is 0 Å². The van der Waals surface area contributed by atoms with Gasteiger partial charge in [0.15, 0.2) is 5.65 Å². The summed E-state index contributed by atoms with van der Waals surface area (Å²) < 4.78 is 12.7. The van der Waals surface area contributed by atoms with Crippen LogP contribution in [0.5, 0.6) is 0 Å². The van der Waals surface area contributed by atoms with Crippen LogP contribution in [0.1, 0.15) is 5.69 Å².